The van der Waals surface area contributed by atoms with Gasteiger partial charge in [0.1, 0.15) is 12.4 Å². The molecule has 0 atom stereocenters. The van der Waals surface area contributed by atoms with Crippen LogP contribution < -0.4 is 15.8 Å². The zero-order chi connectivity index (χ0) is 9.54. The molecule has 14 heavy (non-hydrogen) atoms. The first-order chi connectivity index (χ1) is 6.86. The van der Waals surface area contributed by atoms with E-state index in [4.69, 9.17) is 0 Å². The molecule has 0 saturated heterocycles. The average Bonchev–Trinajstić information content (AvgIpc) is 2.66. The van der Waals surface area contributed by atoms with Crippen LogP contribution in [0.2, 0.25) is 0 Å². The fourth-order valence-electron chi connectivity index (χ4n) is 1.68. The Morgan fingerprint density at radius 3 is 3.36 bits per heavy atom. The van der Waals surface area contributed by atoms with Gasteiger partial charge in [0.2, 0.25) is 0 Å². The third kappa shape index (κ3) is 0.834. The Kier molecular flexibility index (Phi) is 1.30. The van der Waals surface area contributed by atoms with Gasteiger partial charge >= 0.3 is 0 Å². The summed E-state index contributed by atoms with van der Waals surface area (Å²) in [5.41, 5.74) is 2.35. The summed E-state index contributed by atoms with van der Waals surface area (Å²) in [5, 5.41) is 2.96. The van der Waals surface area contributed by atoms with Gasteiger partial charge in [0.15, 0.2) is 0 Å². The lowest BCUT2D eigenvalue weighted by molar-refractivity contribution is 0.986. The Labute approximate surface area is 79.8 Å². The van der Waals surface area contributed by atoms with Gasteiger partial charge in [0.25, 0.3) is 5.56 Å². The maximum absolute atomic E-state index is 11.4. The van der Waals surface area contributed by atoms with Crippen LogP contribution in [0.4, 0.5) is 11.4 Å². The topological polar surface area (TPSA) is 60.5 Å². The van der Waals surface area contributed by atoms with E-state index in [1.54, 1.807) is 18.6 Å². The summed E-state index contributed by atoms with van der Waals surface area (Å²) in [6.07, 6.45) is 5.22. The molecule has 0 bridgehead atoms. The van der Waals surface area contributed by atoms with Gasteiger partial charge in [0.05, 0.1) is 11.4 Å². The lowest BCUT2D eigenvalue weighted by atomic mass is 10.2. The largest absolute Gasteiger partial charge is 0.354 e. The van der Waals surface area contributed by atoms with Crippen molar-refractivity contribution < 1.29 is 0 Å². The lowest BCUT2D eigenvalue weighted by Gasteiger charge is -2.25. The highest BCUT2D eigenvalue weighted by molar-refractivity contribution is 5.92. The number of hydrogen-bond acceptors (Lipinski definition) is 4. The minimum absolute atomic E-state index is 0.107. The molecule has 1 aromatic heterocycles. The van der Waals surface area contributed by atoms with Gasteiger partial charge in [-0.05, 0) is 6.07 Å². The summed E-state index contributed by atoms with van der Waals surface area (Å²) in [7, 11) is 0. The van der Waals surface area contributed by atoms with Crippen molar-refractivity contribution in [2.24, 2.45) is 4.99 Å². The monoisotopic (exact) mass is 188 g/mol. The number of anilines is 2. The van der Waals surface area contributed by atoms with Gasteiger partial charge in [-0.3, -0.25) is 9.79 Å². The maximum Gasteiger partial charge on any atom is 0.273 e. The van der Waals surface area contributed by atoms with Crippen molar-refractivity contribution in [1.29, 1.82) is 0 Å². The van der Waals surface area contributed by atoms with Crippen LogP contribution in [0.15, 0.2) is 33.9 Å². The highest BCUT2D eigenvalue weighted by Crippen LogP contribution is 2.30. The first-order valence-corrected chi connectivity index (χ1v) is 4.32. The Balaban J connectivity index is 2.22. The molecule has 0 aliphatic carbocycles. The Morgan fingerprint density at radius 2 is 2.43 bits per heavy atom. The molecule has 2 aliphatic rings. The Bertz CT molecular complexity index is 500. The van der Waals surface area contributed by atoms with Crippen LogP contribution in [0.5, 0.6) is 0 Å². The quantitative estimate of drug-likeness (QED) is 0.623. The molecule has 3 heterocycles. The molecule has 5 heteroatoms. The van der Waals surface area contributed by atoms with Gasteiger partial charge in [-0.1, -0.05) is 0 Å². The van der Waals surface area contributed by atoms with E-state index >= 15 is 0 Å². The molecule has 0 radical (unpaired) electrons. The molecule has 2 N–H and O–H groups in total. The Morgan fingerprint density at radius 1 is 1.50 bits per heavy atom. The second-order valence-corrected chi connectivity index (χ2v) is 3.16. The minimum Gasteiger partial charge on any atom is -0.354 e. The van der Waals surface area contributed by atoms with Crippen LogP contribution in [0.25, 0.3) is 0 Å². The molecular weight excluding hydrogens is 180 g/mol. The van der Waals surface area contributed by atoms with Crippen LogP contribution >= 0.6 is 0 Å². The molecule has 0 amide bonds. The van der Waals surface area contributed by atoms with Crippen LogP contribution in [-0.4, -0.2) is 17.9 Å². The average molecular weight is 188 g/mol. The molecule has 5 nitrogen and oxygen atoms in total. The number of aromatic nitrogens is 1. The van der Waals surface area contributed by atoms with Crippen LogP contribution in [0, 0.1) is 0 Å². The van der Waals surface area contributed by atoms with Crippen molar-refractivity contribution in [3.63, 3.8) is 0 Å². The first-order valence-electron chi connectivity index (χ1n) is 4.32. The number of rotatable bonds is 0. The van der Waals surface area contributed by atoms with Crippen molar-refractivity contribution >= 4 is 17.6 Å². The standard InChI is InChI=1S/C9H8N4O/c14-9-8-7(1-2-11-9)13-5-10-3-6(13)4-12-8/h1-4,12H,5H2,(H,11,14). The van der Waals surface area contributed by atoms with E-state index in [1.165, 1.54) is 0 Å². The summed E-state index contributed by atoms with van der Waals surface area (Å²) in [4.78, 5) is 20.2. The van der Waals surface area contributed by atoms with Crippen LogP contribution in [-0.2, 0) is 0 Å². The first kappa shape index (κ1) is 7.37. The number of aliphatic imine (C=N–C) groups is 1. The SMILES string of the molecule is O=c1[nH]ccc2c1NC=C1C=NCN12. The van der Waals surface area contributed by atoms with E-state index in [-0.39, 0.29) is 5.56 Å². The third-order valence-corrected chi connectivity index (χ3v) is 2.35. The van der Waals surface area contributed by atoms with Gasteiger partial charge in [-0.15, -0.1) is 0 Å². The molecule has 0 saturated carbocycles. The fourth-order valence-corrected chi connectivity index (χ4v) is 1.68. The van der Waals surface area contributed by atoms with Crippen molar-refractivity contribution in [2.45, 2.75) is 0 Å². The predicted octanol–water partition coefficient (Wildman–Crippen LogP) is 0.490. The Hall–Kier alpha value is -2.04. The van der Waals surface area contributed by atoms with Crippen LogP contribution in [0.1, 0.15) is 0 Å². The molecular formula is C9H8N4O. The maximum atomic E-state index is 11.4. The van der Waals surface area contributed by atoms with Crippen LogP contribution in [0.3, 0.4) is 0 Å². The summed E-state index contributed by atoms with van der Waals surface area (Å²) in [6, 6.07) is 1.87. The predicted molar refractivity (Wildman–Crippen MR) is 54.6 cm³/mol. The van der Waals surface area contributed by atoms with Crippen molar-refractivity contribution in [3.8, 4) is 0 Å². The second kappa shape index (κ2) is 2.47. The lowest BCUT2D eigenvalue weighted by Crippen LogP contribution is -2.27. The molecule has 0 spiro atoms. The van der Waals surface area contributed by atoms with Crippen molar-refractivity contribution in [3.05, 3.63) is 34.5 Å². The zero-order valence-corrected chi connectivity index (χ0v) is 7.32. The van der Waals surface area contributed by atoms with Crippen molar-refractivity contribution in [2.75, 3.05) is 16.9 Å². The number of pyridine rings is 1. The minimum atomic E-state index is -0.107. The molecule has 0 unspecified atom stereocenters. The van der Waals surface area contributed by atoms with E-state index in [2.05, 4.69) is 15.3 Å². The molecule has 1 aromatic rings. The number of allylic oxidation sites excluding steroid dienone is 1. The van der Waals surface area contributed by atoms with E-state index in [0.29, 0.717) is 12.4 Å². The van der Waals surface area contributed by atoms with E-state index in [0.717, 1.165) is 11.4 Å². The third-order valence-electron chi connectivity index (χ3n) is 2.35. The molecule has 2 aliphatic heterocycles. The summed E-state index contributed by atoms with van der Waals surface area (Å²) >= 11 is 0. The highest BCUT2D eigenvalue weighted by atomic mass is 16.1. The molecule has 0 aromatic carbocycles. The van der Waals surface area contributed by atoms with E-state index < -0.39 is 0 Å². The second-order valence-electron chi connectivity index (χ2n) is 3.16. The zero-order valence-electron chi connectivity index (χ0n) is 7.32. The molecule has 3 rings (SSSR count). The van der Waals surface area contributed by atoms with E-state index in [9.17, 15) is 4.79 Å². The molecule has 70 valence electrons. The number of hydrogen-bond donors (Lipinski definition) is 2. The van der Waals surface area contributed by atoms with E-state index in [1.807, 2.05) is 11.0 Å². The number of H-pyrrole nitrogens is 1. The fraction of sp³-hybridized carbons (Fsp3) is 0.111. The summed E-state index contributed by atoms with van der Waals surface area (Å²) in [6.45, 7) is 0.587. The highest BCUT2D eigenvalue weighted by Gasteiger charge is 2.22. The van der Waals surface area contributed by atoms with Gasteiger partial charge in [-0.2, -0.15) is 0 Å². The number of aromatic amines is 1. The summed E-state index contributed by atoms with van der Waals surface area (Å²) in [5.74, 6) is 0. The van der Waals surface area contributed by atoms with Gasteiger partial charge < -0.3 is 15.2 Å². The van der Waals surface area contributed by atoms with Gasteiger partial charge in [-0.25, -0.2) is 0 Å². The number of fused-ring (bicyclic) bond motifs is 3. The molecule has 0 fully saturated rings. The summed E-state index contributed by atoms with van der Waals surface area (Å²) < 4.78 is 0. The smallest absolute Gasteiger partial charge is 0.273 e. The normalized spacial score (nSPS) is 17.1. The number of nitrogens with one attached hydrogen (secondary N) is 2. The number of nitrogens with zero attached hydrogens (tertiary/aromatic N) is 2. The van der Waals surface area contributed by atoms with Crippen molar-refractivity contribution in [1.82, 2.24) is 4.98 Å². The van der Waals surface area contributed by atoms with Gasteiger partial charge in [0, 0.05) is 18.6 Å².